The fraction of sp³-hybridized carbons (Fsp3) is 0.407. The van der Waals surface area contributed by atoms with Gasteiger partial charge in [0.1, 0.15) is 20.0 Å². The Morgan fingerprint density at radius 2 is 1.79 bits per heavy atom. The molecular weight excluding hydrogens is 529 g/mol. The Morgan fingerprint density at radius 3 is 2.32 bits per heavy atom. The maximum absolute atomic E-state index is 15.0. The van der Waals surface area contributed by atoms with Crippen LogP contribution in [-0.2, 0) is 9.26 Å². The van der Waals surface area contributed by atoms with Crippen LogP contribution < -0.4 is 10.8 Å². The van der Waals surface area contributed by atoms with E-state index in [0.29, 0.717) is 5.56 Å². The zero-order valence-corrected chi connectivity index (χ0v) is 24.9. The third-order valence-corrected chi connectivity index (χ3v) is 6.82. The Morgan fingerprint density at radius 1 is 1.13 bits per heavy atom. The molecule has 1 unspecified atom stereocenters. The molecule has 38 heavy (non-hydrogen) atoms. The quantitative estimate of drug-likeness (QED) is 0.164. The summed E-state index contributed by atoms with van der Waals surface area (Å²) in [7, 11) is -2.73. The standard InChI is InChI=1S/C27H34F3N2O4Si2/c1-27(2,3)22(16-35-37(4)5)36-32-26(34)19-14-18(15-33)23(29)24(30)25(19)31-21-10-9-17(13-20(21)28)11-12-38(6,7)8/h9-10,13-15,22,31H,16H2,1-8H3,(H,32,34). The minimum atomic E-state index is -1.70. The summed E-state index contributed by atoms with van der Waals surface area (Å²) in [6, 6.07) is 4.88. The number of halogens is 3. The molecule has 0 aliphatic carbocycles. The molecule has 2 rings (SSSR count). The maximum atomic E-state index is 15.0. The zero-order valence-electron chi connectivity index (χ0n) is 22.9. The second-order valence-electron chi connectivity index (χ2n) is 11.1. The van der Waals surface area contributed by atoms with Gasteiger partial charge < -0.3 is 9.74 Å². The third kappa shape index (κ3) is 8.84. The van der Waals surface area contributed by atoms with E-state index in [4.69, 9.17) is 9.26 Å². The number of nitrogens with one attached hydrogen (secondary N) is 2. The number of rotatable bonds is 9. The lowest BCUT2D eigenvalue weighted by atomic mass is 9.90. The van der Waals surface area contributed by atoms with Crippen molar-refractivity contribution in [1.82, 2.24) is 5.48 Å². The van der Waals surface area contributed by atoms with Crippen LogP contribution in [0.4, 0.5) is 24.5 Å². The largest absolute Gasteiger partial charge is 0.414 e. The SMILES string of the molecule is C[Si](C)OCC(ONC(=O)c1cc(C=O)c(F)c(F)c1Nc1ccc(C#C[Si](C)(C)C)cc1F)C(C)(C)C. The molecule has 0 spiro atoms. The van der Waals surface area contributed by atoms with Gasteiger partial charge in [-0.15, -0.1) is 5.54 Å². The van der Waals surface area contributed by atoms with Gasteiger partial charge in [-0.3, -0.25) is 14.4 Å². The number of carbonyl (C=O) groups is 2. The molecule has 6 nitrogen and oxygen atoms in total. The number of hydrogen-bond acceptors (Lipinski definition) is 5. The molecule has 0 bridgehead atoms. The van der Waals surface area contributed by atoms with Crippen LogP contribution in [0.2, 0.25) is 32.7 Å². The van der Waals surface area contributed by atoms with E-state index in [1.54, 1.807) is 0 Å². The summed E-state index contributed by atoms with van der Waals surface area (Å²) < 4.78 is 50.1. The molecular formula is C27H34F3N2O4Si2. The number of anilines is 2. The number of aldehydes is 1. The van der Waals surface area contributed by atoms with Crippen LogP contribution in [0.25, 0.3) is 0 Å². The van der Waals surface area contributed by atoms with Crippen molar-refractivity contribution in [2.75, 3.05) is 11.9 Å². The van der Waals surface area contributed by atoms with E-state index in [2.05, 4.69) is 22.3 Å². The van der Waals surface area contributed by atoms with Gasteiger partial charge in [-0.25, -0.2) is 18.7 Å². The smallest absolute Gasteiger partial charge is 0.277 e. The van der Waals surface area contributed by atoms with Crippen molar-refractivity contribution in [3.63, 3.8) is 0 Å². The van der Waals surface area contributed by atoms with Gasteiger partial charge in [-0.2, -0.15) is 0 Å². The van der Waals surface area contributed by atoms with Gasteiger partial charge in [0.15, 0.2) is 17.9 Å². The monoisotopic (exact) mass is 563 g/mol. The van der Waals surface area contributed by atoms with Crippen molar-refractivity contribution in [2.45, 2.75) is 59.6 Å². The van der Waals surface area contributed by atoms with Gasteiger partial charge in [0, 0.05) is 5.56 Å². The number of hydroxylamine groups is 1. The van der Waals surface area contributed by atoms with Crippen LogP contribution in [-0.4, -0.2) is 42.0 Å². The van der Waals surface area contributed by atoms with Crippen molar-refractivity contribution in [3.8, 4) is 11.5 Å². The average molecular weight is 564 g/mol. The Bertz CT molecular complexity index is 1250. The van der Waals surface area contributed by atoms with Gasteiger partial charge in [-0.1, -0.05) is 46.3 Å². The van der Waals surface area contributed by atoms with E-state index in [0.717, 1.165) is 12.1 Å². The summed E-state index contributed by atoms with van der Waals surface area (Å²) in [5.41, 5.74) is 3.38. The molecule has 0 heterocycles. The summed E-state index contributed by atoms with van der Waals surface area (Å²) in [4.78, 5) is 30.0. The van der Waals surface area contributed by atoms with Crippen molar-refractivity contribution < 1.29 is 32.0 Å². The number of benzene rings is 2. The Labute approximate surface area is 225 Å². The first-order valence-corrected chi connectivity index (χ1v) is 17.9. The summed E-state index contributed by atoms with van der Waals surface area (Å²) in [5.74, 6) is -1.80. The summed E-state index contributed by atoms with van der Waals surface area (Å²) in [6.45, 7) is 15.9. The van der Waals surface area contributed by atoms with Gasteiger partial charge in [0.25, 0.3) is 5.91 Å². The molecule has 205 valence electrons. The normalized spacial score (nSPS) is 12.5. The Kier molecular flexibility index (Phi) is 10.5. The first kappa shape index (κ1) is 31.3. The lowest BCUT2D eigenvalue weighted by Crippen LogP contribution is -2.41. The maximum Gasteiger partial charge on any atom is 0.277 e. The average Bonchev–Trinajstić information content (AvgIpc) is 2.80. The van der Waals surface area contributed by atoms with E-state index >= 15 is 4.39 Å². The lowest BCUT2D eigenvalue weighted by molar-refractivity contribution is -0.0839. The molecule has 0 aliphatic rings. The lowest BCUT2D eigenvalue weighted by Gasteiger charge is -2.30. The predicted molar refractivity (Wildman–Crippen MR) is 147 cm³/mol. The first-order chi connectivity index (χ1) is 17.5. The summed E-state index contributed by atoms with van der Waals surface area (Å²) >= 11 is 0. The van der Waals surface area contributed by atoms with Crippen LogP contribution in [0.3, 0.4) is 0 Å². The first-order valence-electron chi connectivity index (χ1n) is 12.0. The Hall–Kier alpha value is -2.92. The number of carbonyl (C=O) groups excluding carboxylic acids is 2. The van der Waals surface area contributed by atoms with Crippen LogP contribution >= 0.6 is 0 Å². The predicted octanol–water partition coefficient (Wildman–Crippen LogP) is 6.23. The highest BCUT2D eigenvalue weighted by molar-refractivity contribution is 6.83. The van der Waals surface area contributed by atoms with Crippen LogP contribution in [0, 0.1) is 34.3 Å². The highest BCUT2D eigenvalue weighted by Gasteiger charge is 2.29. The van der Waals surface area contributed by atoms with Crippen molar-refractivity contribution in [1.29, 1.82) is 0 Å². The third-order valence-electron chi connectivity index (χ3n) is 5.20. The summed E-state index contributed by atoms with van der Waals surface area (Å²) in [5, 5.41) is 2.46. The van der Waals surface area contributed by atoms with E-state index in [9.17, 15) is 18.4 Å². The van der Waals surface area contributed by atoms with Crippen LogP contribution in [0.1, 0.15) is 47.1 Å². The molecule has 2 aromatic rings. The van der Waals surface area contributed by atoms with Gasteiger partial charge in [0.05, 0.1) is 29.1 Å². The fourth-order valence-electron chi connectivity index (χ4n) is 3.00. The minimum Gasteiger partial charge on any atom is -0.414 e. The second kappa shape index (κ2) is 12.8. The van der Waals surface area contributed by atoms with Crippen molar-refractivity contribution in [3.05, 3.63) is 58.4 Å². The second-order valence-corrected chi connectivity index (χ2v) is 17.9. The van der Waals surface area contributed by atoms with Crippen molar-refractivity contribution in [2.24, 2.45) is 5.41 Å². The van der Waals surface area contributed by atoms with Gasteiger partial charge in [0.2, 0.25) is 9.04 Å². The summed E-state index contributed by atoms with van der Waals surface area (Å²) in [6.07, 6.45) is -0.481. The molecule has 0 aromatic heterocycles. The van der Waals surface area contributed by atoms with Gasteiger partial charge in [-0.05, 0) is 42.8 Å². The molecule has 0 saturated carbocycles. The molecule has 1 atom stereocenters. The molecule has 1 radical (unpaired) electrons. The zero-order chi connectivity index (χ0) is 28.8. The number of hydrogen-bond donors (Lipinski definition) is 2. The molecule has 0 fully saturated rings. The van der Waals surface area contributed by atoms with Crippen LogP contribution in [0.15, 0.2) is 24.3 Å². The molecule has 1 amide bonds. The van der Waals surface area contributed by atoms with Crippen molar-refractivity contribution >= 4 is 40.7 Å². The van der Waals surface area contributed by atoms with Gasteiger partial charge >= 0.3 is 0 Å². The molecule has 2 aromatic carbocycles. The van der Waals surface area contributed by atoms with E-state index in [1.807, 2.05) is 53.5 Å². The van der Waals surface area contributed by atoms with E-state index < -0.39 is 68.8 Å². The molecule has 0 aliphatic heterocycles. The van der Waals surface area contributed by atoms with E-state index in [-0.39, 0.29) is 18.6 Å². The molecule has 2 N–H and O–H groups in total. The van der Waals surface area contributed by atoms with Crippen LogP contribution in [0.5, 0.6) is 0 Å². The van der Waals surface area contributed by atoms with E-state index in [1.165, 1.54) is 12.1 Å². The minimum absolute atomic E-state index is 0.0875. The Balaban J connectivity index is 2.42. The fourth-order valence-corrected chi connectivity index (χ4v) is 4.01. The topological polar surface area (TPSA) is 76.7 Å². The number of amides is 1. The highest BCUT2D eigenvalue weighted by Crippen LogP contribution is 2.30. The highest BCUT2D eigenvalue weighted by atomic mass is 28.3. The molecule has 11 heteroatoms. The molecule has 0 saturated heterocycles.